The number of benzene rings is 1. The second-order valence-electron chi connectivity index (χ2n) is 12.6. The number of unbranched alkanes of at least 4 members (excludes halogenated alkanes) is 14. The van der Waals surface area contributed by atoms with E-state index >= 15 is 0 Å². The Morgan fingerprint density at radius 3 is 1.18 bits per heavy atom. The lowest BCUT2D eigenvalue weighted by Crippen LogP contribution is -2.15. The first-order valence-electron chi connectivity index (χ1n) is 19.9. The molecule has 1 rings (SSSR count). The molecule has 0 fully saturated rings. The Kier molecular flexibility index (Phi) is 36.2. The van der Waals surface area contributed by atoms with E-state index in [1.165, 1.54) is 83.5 Å². The van der Waals surface area contributed by atoms with Crippen LogP contribution in [0.5, 0.6) is 5.75 Å². The van der Waals surface area contributed by atoms with Gasteiger partial charge in [-0.1, -0.05) is 109 Å². The first-order valence-corrected chi connectivity index (χ1v) is 19.9. The molecule has 11 heteroatoms. The number of para-hydroxylation sites is 2. The molecule has 0 radical (unpaired) electrons. The summed E-state index contributed by atoms with van der Waals surface area (Å²) in [5, 5.41) is 0. The summed E-state index contributed by atoms with van der Waals surface area (Å²) in [7, 11) is 0. The Hall–Kier alpha value is -1.99. The van der Waals surface area contributed by atoms with Gasteiger partial charge in [0, 0.05) is 6.42 Å². The van der Waals surface area contributed by atoms with E-state index in [1.807, 2.05) is 18.2 Å². The van der Waals surface area contributed by atoms with Gasteiger partial charge in [0.1, 0.15) is 19.0 Å². The molecule has 0 heterocycles. The summed E-state index contributed by atoms with van der Waals surface area (Å²) in [4.78, 5) is 11.9. The van der Waals surface area contributed by atoms with Crippen LogP contribution in [-0.4, -0.2) is 112 Å². The van der Waals surface area contributed by atoms with Crippen molar-refractivity contribution in [2.45, 2.75) is 110 Å². The fraction of sp³-hybridized carbons (Fsp3) is 0.825. The molecule has 1 aromatic carbocycles. The first kappa shape index (κ1) is 47.0. The van der Waals surface area contributed by atoms with E-state index in [0.29, 0.717) is 124 Å². The van der Waals surface area contributed by atoms with Crippen molar-refractivity contribution in [1.82, 2.24) is 0 Å². The Balaban J connectivity index is 1.66. The van der Waals surface area contributed by atoms with Crippen LogP contribution in [0.4, 0.5) is 5.69 Å². The Labute approximate surface area is 309 Å². The van der Waals surface area contributed by atoms with Crippen LogP contribution in [0.15, 0.2) is 24.3 Å². The molecule has 0 amide bonds. The summed E-state index contributed by atoms with van der Waals surface area (Å²) in [6.07, 6.45) is 20.2. The van der Waals surface area contributed by atoms with Crippen molar-refractivity contribution >= 4 is 11.7 Å². The summed E-state index contributed by atoms with van der Waals surface area (Å²) in [5.74, 6) is 0.539. The number of rotatable bonds is 41. The molecular weight excluding hydrogens is 654 g/mol. The molecule has 2 N–H and O–H groups in total. The second-order valence-corrected chi connectivity index (χ2v) is 12.6. The highest BCUT2D eigenvalue weighted by Crippen LogP contribution is 2.19. The molecule has 0 saturated carbocycles. The smallest absolute Gasteiger partial charge is 0.305 e. The van der Waals surface area contributed by atoms with Crippen LogP contribution < -0.4 is 10.5 Å². The predicted molar refractivity (Wildman–Crippen MR) is 203 cm³/mol. The Morgan fingerprint density at radius 1 is 0.451 bits per heavy atom. The van der Waals surface area contributed by atoms with Gasteiger partial charge in [-0.25, -0.2) is 0 Å². The minimum Gasteiger partial charge on any atom is -0.489 e. The van der Waals surface area contributed by atoms with Gasteiger partial charge in [0.2, 0.25) is 0 Å². The molecule has 0 aliphatic rings. The standard InChI is InChI=1S/C40H73NO10/c1-2-3-4-5-6-7-8-9-10-11-12-13-14-15-16-21-40(42)51-37-35-49-33-31-47-29-27-45-25-23-43-22-24-44-26-28-46-30-32-48-34-36-50-39-20-18-17-19-38(39)41/h17-20H,2-16,21-37,41H2,1H3. The third-order valence-electron chi connectivity index (χ3n) is 8.11. The number of anilines is 1. The van der Waals surface area contributed by atoms with E-state index in [1.54, 1.807) is 6.07 Å². The third kappa shape index (κ3) is 34.8. The normalized spacial score (nSPS) is 11.3. The minimum absolute atomic E-state index is 0.130. The molecule has 0 aliphatic heterocycles. The molecule has 298 valence electrons. The lowest BCUT2D eigenvalue weighted by Gasteiger charge is -2.09. The van der Waals surface area contributed by atoms with Gasteiger partial charge >= 0.3 is 5.97 Å². The predicted octanol–water partition coefficient (Wildman–Crippen LogP) is 7.57. The number of nitrogen functional groups attached to an aromatic ring is 1. The average Bonchev–Trinajstić information content (AvgIpc) is 3.14. The van der Waals surface area contributed by atoms with Crippen LogP contribution in [0.25, 0.3) is 0 Å². The minimum atomic E-state index is -0.130. The number of ether oxygens (including phenoxy) is 9. The van der Waals surface area contributed by atoms with Crippen molar-refractivity contribution in [2.24, 2.45) is 0 Å². The molecule has 0 spiro atoms. The molecule has 51 heavy (non-hydrogen) atoms. The maximum Gasteiger partial charge on any atom is 0.305 e. The third-order valence-corrected chi connectivity index (χ3v) is 8.11. The molecule has 0 bridgehead atoms. The van der Waals surface area contributed by atoms with Crippen LogP contribution in [0.1, 0.15) is 110 Å². The van der Waals surface area contributed by atoms with Gasteiger partial charge in [0.05, 0.1) is 98.2 Å². The van der Waals surface area contributed by atoms with E-state index in [-0.39, 0.29) is 5.97 Å². The number of hydrogen-bond donors (Lipinski definition) is 1. The Bertz CT molecular complexity index is 862. The average molecular weight is 728 g/mol. The lowest BCUT2D eigenvalue weighted by atomic mass is 10.0. The highest BCUT2D eigenvalue weighted by atomic mass is 16.6. The SMILES string of the molecule is CCCCCCCCCCCCCCCCCC(=O)OCCOCCOCCOCCOCCOCCOCCOCCOc1ccccc1N. The van der Waals surface area contributed by atoms with Crippen molar-refractivity contribution in [2.75, 3.05) is 111 Å². The molecule has 11 nitrogen and oxygen atoms in total. The van der Waals surface area contributed by atoms with E-state index in [0.717, 1.165) is 12.8 Å². The number of carbonyl (C=O) groups excluding carboxylic acids is 1. The van der Waals surface area contributed by atoms with Gasteiger partial charge in [-0.2, -0.15) is 0 Å². The topological polar surface area (TPSA) is 126 Å². The highest BCUT2D eigenvalue weighted by Gasteiger charge is 2.03. The molecule has 1 aromatic rings. The zero-order chi connectivity index (χ0) is 36.6. The van der Waals surface area contributed by atoms with E-state index in [9.17, 15) is 4.79 Å². The zero-order valence-corrected chi connectivity index (χ0v) is 32.1. The summed E-state index contributed by atoms with van der Waals surface area (Å²) >= 11 is 0. The van der Waals surface area contributed by atoms with E-state index in [2.05, 4.69) is 6.92 Å². The monoisotopic (exact) mass is 728 g/mol. The van der Waals surface area contributed by atoms with Gasteiger partial charge in [-0.05, 0) is 18.6 Å². The maximum absolute atomic E-state index is 11.9. The van der Waals surface area contributed by atoms with Crippen molar-refractivity contribution in [1.29, 1.82) is 0 Å². The number of hydrogen-bond acceptors (Lipinski definition) is 11. The van der Waals surface area contributed by atoms with Crippen molar-refractivity contribution in [3.8, 4) is 5.75 Å². The number of esters is 1. The van der Waals surface area contributed by atoms with E-state index in [4.69, 9.17) is 48.4 Å². The molecule has 0 aromatic heterocycles. The summed E-state index contributed by atoms with van der Waals surface area (Å²) < 4.78 is 49.2. The maximum atomic E-state index is 11.9. The van der Waals surface area contributed by atoms with Crippen LogP contribution in [0, 0.1) is 0 Å². The number of nitrogens with two attached hydrogens (primary N) is 1. The quantitative estimate of drug-likeness (QED) is 0.0408. The van der Waals surface area contributed by atoms with Gasteiger partial charge in [0.15, 0.2) is 0 Å². The second kappa shape index (κ2) is 39.2. The van der Waals surface area contributed by atoms with Gasteiger partial charge < -0.3 is 48.4 Å². The van der Waals surface area contributed by atoms with Crippen LogP contribution >= 0.6 is 0 Å². The fourth-order valence-electron chi connectivity index (χ4n) is 5.17. The van der Waals surface area contributed by atoms with Gasteiger partial charge in [0.25, 0.3) is 0 Å². The molecule has 0 unspecified atom stereocenters. The van der Waals surface area contributed by atoms with Crippen LogP contribution in [-0.2, 0) is 42.7 Å². The van der Waals surface area contributed by atoms with E-state index < -0.39 is 0 Å². The molecule has 0 atom stereocenters. The van der Waals surface area contributed by atoms with Crippen molar-refractivity contribution in [3.63, 3.8) is 0 Å². The number of carbonyl (C=O) groups is 1. The Morgan fingerprint density at radius 2 is 0.784 bits per heavy atom. The fourth-order valence-corrected chi connectivity index (χ4v) is 5.17. The largest absolute Gasteiger partial charge is 0.489 e. The van der Waals surface area contributed by atoms with Gasteiger partial charge in [-0.15, -0.1) is 0 Å². The summed E-state index contributed by atoms with van der Waals surface area (Å²) in [5.41, 5.74) is 6.44. The van der Waals surface area contributed by atoms with Crippen LogP contribution in [0.3, 0.4) is 0 Å². The summed E-state index contributed by atoms with van der Waals surface area (Å²) in [6.45, 7) is 9.76. The molecule has 0 aliphatic carbocycles. The van der Waals surface area contributed by atoms with Gasteiger partial charge in [-0.3, -0.25) is 4.79 Å². The first-order chi connectivity index (χ1) is 25.2. The molecule has 0 saturated heterocycles. The van der Waals surface area contributed by atoms with Crippen molar-refractivity contribution in [3.05, 3.63) is 24.3 Å². The molecular formula is C40H73NO10. The van der Waals surface area contributed by atoms with Crippen LogP contribution in [0.2, 0.25) is 0 Å². The highest BCUT2D eigenvalue weighted by molar-refractivity contribution is 5.69. The lowest BCUT2D eigenvalue weighted by molar-refractivity contribution is -0.145. The van der Waals surface area contributed by atoms with Crippen molar-refractivity contribution < 1.29 is 47.4 Å². The summed E-state index contributed by atoms with van der Waals surface area (Å²) in [6, 6.07) is 7.39. The zero-order valence-electron chi connectivity index (χ0n) is 32.1.